The van der Waals surface area contributed by atoms with E-state index in [0.717, 1.165) is 16.7 Å². The second kappa shape index (κ2) is 5.36. The molecule has 0 saturated carbocycles. The Kier molecular flexibility index (Phi) is 3.43. The molecule has 1 amide bonds. The van der Waals surface area contributed by atoms with E-state index in [-0.39, 0.29) is 11.8 Å². The summed E-state index contributed by atoms with van der Waals surface area (Å²) < 4.78 is 6.09. The highest BCUT2D eigenvalue weighted by Gasteiger charge is 2.53. The largest absolute Gasteiger partial charge is 0.368 e. The van der Waals surface area contributed by atoms with Crippen LogP contribution in [0.25, 0.3) is 0 Å². The molecule has 2 aliphatic heterocycles. The SMILES string of the molecule is C[C@@]12CN(Cc3ccccc3)C(=O)[C@@H]1c1cccc(Cl)c1CO2. The molecule has 4 rings (SSSR count). The van der Waals surface area contributed by atoms with Crippen molar-refractivity contribution in [2.24, 2.45) is 0 Å². The molecule has 0 unspecified atom stereocenters. The van der Waals surface area contributed by atoms with Crippen LogP contribution in [-0.4, -0.2) is 23.0 Å². The van der Waals surface area contributed by atoms with Crippen LogP contribution in [0.1, 0.15) is 29.5 Å². The minimum absolute atomic E-state index is 0.125. The topological polar surface area (TPSA) is 29.5 Å². The van der Waals surface area contributed by atoms with Crippen molar-refractivity contribution in [2.45, 2.75) is 31.6 Å². The van der Waals surface area contributed by atoms with Crippen molar-refractivity contribution < 1.29 is 9.53 Å². The molecule has 0 aliphatic carbocycles. The Balaban J connectivity index is 1.69. The normalized spacial score (nSPS) is 26.1. The fourth-order valence-corrected chi connectivity index (χ4v) is 3.99. The highest BCUT2D eigenvalue weighted by molar-refractivity contribution is 6.31. The molecule has 2 aromatic rings. The zero-order valence-electron chi connectivity index (χ0n) is 13.0. The van der Waals surface area contributed by atoms with Gasteiger partial charge in [0.25, 0.3) is 0 Å². The van der Waals surface area contributed by atoms with Gasteiger partial charge >= 0.3 is 0 Å². The molecular formula is C19H18ClNO2. The third-order valence-electron chi connectivity index (χ3n) is 4.90. The number of hydrogen-bond donors (Lipinski definition) is 0. The van der Waals surface area contributed by atoms with Crippen molar-refractivity contribution >= 4 is 17.5 Å². The second-order valence-corrected chi connectivity index (χ2v) is 6.93. The van der Waals surface area contributed by atoms with Crippen molar-refractivity contribution in [1.82, 2.24) is 4.90 Å². The number of rotatable bonds is 2. The monoisotopic (exact) mass is 327 g/mol. The first-order chi connectivity index (χ1) is 11.1. The number of amides is 1. The first kappa shape index (κ1) is 14.7. The first-order valence-electron chi connectivity index (χ1n) is 7.82. The van der Waals surface area contributed by atoms with Crippen molar-refractivity contribution in [3.63, 3.8) is 0 Å². The molecule has 2 aromatic carbocycles. The third-order valence-corrected chi connectivity index (χ3v) is 5.26. The zero-order valence-corrected chi connectivity index (χ0v) is 13.7. The van der Waals surface area contributed by atoms with E-state index < -0.39 is 5.60 Å². The summed E-state index contributed by atoms with van der Waals surface area (Å²) in [4.78, 5) is 14.9. The number of nitrogens with zero attached hydrogens (tertiary/aromatic N) is 1. The molecule has 3 nitrogen and oxygen atoms in total. The van der Waals surface area contributed by atoms with E-state index in [1.807, 2.05) is 60.4 Å². The first-order valence-corrected chi connectivity index (χ1v) is 8.20. The van der Waals surface area contributed by atoms with Crippen LogP contribution in [0.3, 0.4) is 0 Å². The second-order valence-electron chi connectivity index (χ2n) is 6.52. The summed E-state index contributed by atoms with van der Waals surface area (Å²) in [7, 11) is 0. The van der Waals surface area contributed by atoms with E-state index >= 15 is 0 Å². The number of benzene rings is 2. The summed E-state index contributed by atoms with van der Waals surface area (Å²) in [6.45, 7) is 3.72. The maximum atomic E-state index is 13.0. The summed E-state index contributed by atoms with van der Waals surface area (Å²) >= 11 is 6.29. The van der Waals surface area contributed by atoms with E-state index in [0.29, 0.717) is 24.7 Å². The van der Waals surface area contributed by atoms with Crippen LogP contribution in [0, 0.1) is 0 Å². The smallest absolute Gasteiger partial charge is 0.233 e. The highest BCUT2D eigenvalue weighted by atomic mass is 35.5. The van der Waals surface area contributed by atoms with Crippen LogP contribution in [0.15, 0.2) is 48.5 Å². The van der Waals surface area contributed by atoms with Gasteiger partial charge in [0.15, 0.2) is 0 Å². The van der Waals surface area contributed by atoms with E-state index in [9.17, 15) is 4.79 Å². The maximum Gasteiger partial charge on any atom is 0.233 e. The van der Waals surface area contributed by atoms with Crippen LogP contribution in [0.5, 0.6) is 0 Å². The van der Waals surface area contributed by atoms with Crippen LogP contribution >= 0.6 is 11.6 Å². The molecule has 23 heavy (non-hydrogen) atoms. The molecule has 1 fully saturated rings. The third kappa shape index (κ3) is 2.35. The van der Waals surface area contributed by atoms with Crippen LogP contribution in [-0.2, 0) is 22.7 Å². The fraction of sp³-hybridized carbons (Fsp3) is 0.316. The summed E-state index contributed by atoms with van der Waals surface area (Å²) in [6.07, 6.45) is 0. The molecule has 2 atom stereocenters. The van der Waals surface area contributed by atoms with E-state index in [4.69, 9.17) is 16.3 Å². The van der Waals surface area contributed by atoms with Crippen LogP contribution in [0.2, 0.25) is 5.02 Å². The number of hydrogen-bond acceptors (Lipinski definition) is 2. The lowest BCUT2D eigenvalue weighted by Gasteiger charge is -2.35. The molecule has 2 aliphatic rings. The molecule has 0 aromatic heterocycles. The Hall–Kier alpha value is -1.84. The van der Waals surface area contributed by atoms with Crippen molar-refractivity contribution in [1.29, 1.82) is 0 Å². The van der Waals surface area contributed by atoms with Crippen LogP contribution < -0.4 is 0 Å². The number of likely N-dealkylation sites (tertiary alicyclic amines) is 1. The van der Waals surface area contributed by atoms with E-state index in [1.165, 1.54) is 0 Å². The average Bonchev–Trinajstić information content (AvgIpc) is 2.80. The van der Waals surface area contributed by atoms with Gasteiger partial charge < -0.3 is 9.64 Å². The molecular weight excluding hydrogens is 310 g/mol. The Morgan fingerprint density at radius 1 is 1.22 bits per heavy atom. The number of carbonyl (C=O) groups is 1. The summed E-state index contributed by atoms with van der Waals surface area (Å²) in [5.41, 5.74) is 2.62. The van der Waals surface area contributed by atoms with Gasteiger partial charge in [-0.2, -0.15) is 0 Å². The highest BCUT2D eigenvalue weighted by Crippen LogP contribution is 2.46. The minimum Gasteiger partial charge on any atom is -0.368 e. The summed E-state index contributed by atoms with van der Waals surface area (Å²) in [5.74, 6) is -0.145. The van der Waals surface area contributed by atoms with Crippen molar-refractivity contribution in [3.8, 4) is 0 Å². The van der Waals surface area contributed by atoms with Gasteiger partial charge in [0.05, 0.1) is 24.7 Å². The zero-order chi connectivity index (χ0) is 16.0. The molecule has 0 bridgehead atoms. The van der Waals surface area contributed by atoms with Crippen molar-refractivity contribution in [3.05, 3.63) is 70.2 Å². The Bertz CT molecular complexity index is 761. The number of ether oxygens (including phenoxy) is 1. The molecule has 4 heteroatoms. The summed E-state index contributed by atoms with van der Waals surface area (Å²) in [5, 5.41) is 0.679. The van der Waals surface area contributed by atoms with Gasteiger partial charge in [0.2, 0.25) is 5.91 Å². The van der Waals surface area contributed by atoms with Gasteiger partial charge in [0, 0.05) is 17.1 Å². The Morgan fingerprint density at radius 3 is 2.78 bits per heavy atom. The molecule has 0 spiro atoms. The molecule has 2 heterocycles. The lowest BCUT2D eigenvalue weighted by Crippen LogP contribution is -2.40. The number of fused-ring (bicyclic) bond motifs is 3. The predicted octanol–water partition coefficient (Wildman–Crippen LogP) is 3.75. The van der Waals surface area contributed by atoms with E-state index in [1.54, 1.807) is 0 Å². The minimum atomic E-state index is -0.483. The quantitative estimate of drug-likeness (QED) is 0.840. The lowest BCUT2D eigenvalue weighted by molar-refractivity contribution is -0.131. The molecule has 1 saturated heterocycles. The number of carbonyl (C=O) groups excluding carboxylic acids is 1. The average molecular weight is 328 g/mol. The Morgan fingerprint density at radius 2 is 2.00 bits per heavy atom. The standard InChI is InChI=1S/C19H18ClNO2/c1-19-12-21(10-13-6-3-2-4-7-13)18(22)17(19)14-8-5-9-16(20)15(14)11-23-19/h2-9,17H,10-12H2,1H3/t17-,19+/m0/s1. The fourth-order valence-electron chi connectivity index (χ4n) is 3.76. The maximum absolute atomic E-state index is 13.0. The van der Waals surface area contributed by atoms with E-state index in [2.05, 4.69) is 0 Å². The van der Waals surface area contributed by atoms with Crippen LogP contribution in [0.4, 0.5) is 0 Å². The summed E-state index contributed by atoms with van der Waals surface area (Å²) in [6, 6.07) is 15.8. The lowest BCUT2D eigenvalue weighted by atomic mass is 9.81. The van der Waals surface area contributed by atoms with Gasteiger partial charge in [-0.3, -0.25) is 4.79 Å². The molecule has 0 radical (unpaired) electrons. The molecule has 0 N–H and O–H groups in total. The van der Waals surface area contributed by atoms with Crippen molar-refractivity contribution in [2.75, 3.05) is 6.54 Å². The van der Waals surface area contributed by atoms with Gasteiger partial charge in [-0.1, -0.05) is 54.1 Å². The van der Waals surface area contributed by atoms with Gasteiger partial charge in [0.1, 0.15) is 0 Å². The number of halogens is 1. The Labute approximate surface area is 140 Å². The molecule has 118 valence electrons. The van der Waals surface area contributed by atoms with Gasteiger partial charge in [-0.25, -0.2) is 0 Å². The predicted molar refractivity (Wildman–Crippen MR) is 89.2 cm³/mol. The van der Waals surface area contributed by atoms with Gasteiger partial charge in [-0.05, 0) is 24.1 Å². The van der Waals surface area contributed by atoms with Gasteiger partial charge in [-0.15, -0.1) is 0 Å².